The zero-order chi connectivity index (χ0) is 30.2. The minimum atomic E-state index is -0.694. The molecule has 3 aromatic rings. The second kappa shape index (κ2) is 13.9. The standard InChI is InChI=1S/C26H25N5O9S2/c1-16(32)42-21-10-23(29(12-21)26(34)40-14-18-4-8-20(9-5-18)31(37)38)22-15-41-24(28-22)11-27-25(33)39-13-17-2-6-19(7-3-17)30(35)36/h2-9,15,21,23H,10-14H2,1H3,(H,27,33). The van der Waals surface area contributed by atoms with Gasteiger partial charge in [0.05, 0.1) is 28.1 Å². The van der Waals surface area contributed by atoms with Crippen LogP contribution in [0, 0.1) is 20.2 Å². The summed E-state index contributed by atoms with van der Waals surface area (Å²) in [5.41, 5.74) is 1.64. The van der Waals surface area contributed by atoms with Crippen LogP contribution in [0.4, 0.5) is 21.0 Å². The van der Waals surface area contributed by atoms with E-state index in [1.54, 1.807) is 5.38 Å². The average molecular weight is 616 g/mol. The van der Waals surface area contributed by atoms with Gasteiger partial charge in [0.15, 0.2) is 5.12 Å². The summed E-state index contributed by atoms with van der Waals surface area (Å²) in [5, 5.41) is 26.3. The fourth-order valence-electron chi connectivity index (χ4n) is 4.16. The van der Waals surface area contributed by atoms with Gasteiger partial charge in [-0.2, -0.15) is 0 Å². The van der Waals surface area contributed by atoms with Crippen LogP contribution in [0.3, 0.4) is 0 Å². The number of nitro benzene ring substituents is 2. The molecule has 14 nitrogen and oxygen atoms in total. The number of hydrogen-bond donors (Lipinski definition) is 1. The largest absolute Gasteiger partial charge is 0.445 e. The van der Waals surface area contributed by atoms with Crippen molar-refractivity contribution in [3.8, 4) is 0 Å². The zero-order valence-electron chi connectivity index (χ0n) is 22.2. The molecule has 2 aromatic carbocycles. The minimum Gasteiger partial charge on any atom is -0.445 e. The second-order valence-electron chi connectivity index (χ2n) is 9.13. The SMILES string of the molecule is CC(=O)SC1CC(c2csc(CNC(=O)OCc3ccc([N+](=O)[O-])cc3)n2)N(C(=O)OCc2ccc([N+](=O)[O-])cc2)C1. The Bertz CT molecular complexity index is 1460. The smallest absolute Gasteiger partial charge is 0.410 e. The molecule has 1 N–H and O–H groups in total. The molecule has 1 aromatic heterocycles. The third-order valence-corrected chi connectivity index (χ3v) is 8.03. The minimum absolute atomic E-state index is 0.0624. The van der Waals surface area contributed by atoms with Gasteiger partial charge in [0.1, 0.15) is 18.2 Å². The Balaban J connectivity index is 1.33. The molecule has 0 bridgehead atoms. The van der Waals surface area contributed by atoms with Gasteiger partial charge in [-0.3, -0.25) is 29.9 Å². The molecule has 0 saturated carbocycles. The van der Waals surface area contributed by atoms with Crippen LogP contribution in [0.25, 0.3) is 0 Å². The molecule has 0 aliphatic carbocycles. The second-order valence-corrected chi connectivity index (χ2v) is 11.6. The summed E-state index contributed by atoms with van der Waals surface area (Å²) in [6, 6.07) is 10.9. The van der Waals surface area contributed by atoms with E-state index in [1.807, 2.05) is 0 Å². The first-order valence-corrected chi connectivity index (χ1v) is 14.3. The van der Waals surface area contributed by atoms with Crippen molar-refractivity contribution in [1.29, 1.82) is 0 Å². The topological polar surface area (TPSA) is 184 Å². The van der Waals surface area contributed by atoms with E-state index in [0.29, 0.717) is 28.2 Å². The number of thioether (sulfide) groups is 1. The molecular formula is C26H25N5O9S2. The molecule has 16 heteroatoms. The van der Waals surface area contributed by atoms with Crippen LogP contribution >= 0.6 is 23.1 Å². The Morgan fingerprint density at radius 2 is 1.57 bits per heavy atom. The van der Waals surface area contributed by atoms with Gasteiger partial charge in [-0.25, -0.2) is 14.6 Å². The van der Waals surface area contributed by atoms with Crippen LogP contribution < -0.4 is 5.32 Å². The Hall–Kier alpha value is -4.57. The lowest BCUT2D eigenvalue weighted by Gasteiger charge is -2.22. The van der Waals surface area contributed by atoms with Crippen LogP contribution in [0.5, 0.6) is 0 Å². The normalized spacial score (nSPS) is 16.1. The van der Waals surface area contributed by atoms with Gasteiger partial charge >= 0.3 is 12.2 Å². The Morgan fingerprint density at radius 1 is 1.00 bits per heavy atom. The molecule has 42 heavy (non-hydrogen) atoms. The first-order valence-electron chi connectivity index (χ1n) is 12.5. The van der Waals surface area contributed by atoms with E-state index in [4.69, 9.17) is 9.47 Å². The lowest BCUT2D eigenvalue weighted by Crippen LogP contribution is -2.32. The van der Waals surface area contributed by atoms with E-state index < -0.39 is 28.1 Å². The Morgan fingerprint density at radius 3 is 2.12 bits per heavy atom. The molecular weight excluding hydrogens is 590 g/mol. The van der Waals surface area contributed by atoms with Crippen LogP contribution in [-0.4, -0.2) is 48.8 Å². The highest BCUT2D eigenvalue weighted by atomic mass is 32.2. The van der Waals surface area contributed by atoms with E-state index in [0.717, 1.165) is 11.8 Å². The fourth-order valence-corrected chi connectivity index (χ4v) is 5.93. The molecule has 0 radical (unpaired) electrons. The number of thiazole rings is 1. The lowest BCUT2D eigenvalue weighted by molar-refractivity contribution is -0.385. The number of carbonyl (C=O) groups is 3. The van der Waals surface area contributed by atoms with Crippen molar-refractivity contribution >= 4 is 51.8 Å². The maximum atomic E-state index is 13.0. The van der Waals surface area contributed by atoms with E-state index in [-0.39, 0.29) is 48.0 Å². The Kier molecular flexibility index (Phi) is 10.0. The van der Waals surface area contributed by atoms with Crippen molar-refractivity contribution in [2.45, 2.75) is 44.4 Å². The predicted molar refractivity (Wildman–Crippen MR) is 152 cm³/mol. The molecule has 1 aliphatic heterocycles. The number of nitrogens with zero attached hydrogens (tertiary/aromatic N) is 4. The van der Waals surface area contributed by atoms with Crippen LogP contribution in [0.15, 0.2) is 53.9 Å². The Labute approximate surface area is 247 Å². The van der Waals surface area contributed by atoms with Crippen molar-refractivity contribution in [2.75, 3.05) is 6.54 Å². The number of amides is 2. The number of ether oxygens (including phenoxy) is 2. The third kappa shape index (κ3) is 8.23. The number of nitrogens with one attached hydrogen (secondary N) is 1. The molecule has 1 saturated heterocycles. The fraction of sp³-hybridized carbons (Fsp3) is 0.308. The molecule has 2 heterocycles. The molecule has 2 amide bonds. The number of carbonyl (C=O) groups excluding carboxylic acids is 3. The predicted octanol–water partition coefficient (Wildman–Crippen LogP) is 5.12. The summed E-state index contributed by atoms with van der Waals surface area (Å²) < 4.78 is 10.6. The van der Waals surface area contributed by atoms with Gasteiger partial charge in [0, 0.05) is 48.4 Å². The number of hydrogen-bond acceptors (Lipinski definition) is 12. The quantitative estimate of drug-likeness (QED) is 0.236. The highest BCUT2D eigenvalue weighted by Gasteiger charge is 2.39. The zero-order valence-corrected chi connectivity index (χ0v) is 23.8. The van der Waals surface area contributed by atoms with Gasteiger partial charge in [0.25, 0.3) is 11.4 Å². The van der Waals surface area contributed by atoms with E-state index >= 15 is 0 Å². The molecule has 220 valence electrons. The summed E-state index contributed by atoms with van der Waals surface area (Å²) in [5.74, 6) is 0. The van der Waals surface area contributed by atoms with Gasteiger partial charge in [-0.15, -0.1) is 11.3 Å². The van der Waals surface area contributed by atoms with Gasteiger partial charge < -0.3 is 14.8 Å². The summed E-state index contributed by atoms with van der Waals surface area (Å²) in [4.78, 5) is 63.6. The first kappa shape index (κ1) is 30.4. The summed E-state index contributed by atoms with van der Waals surface area (Å²) >= 11 is 2.43. The number of aromatic nitrogens is 1. The summed E-state index contributed by atoms with van der Waals surface area (Å²) in [6.07, 6.45) is -0.821. The highest BCUT2D eigenvalue weighted by molar-refractivity contribution is 8.14. The summed E-state index contributed by atoms with van der Waals surface area (Å²) in [6.45, 7) is 1.66. The maximum absolute atomic E-state index is 13.0. The van der Waals surface area contributed by atoms with Crippen LogP contribution in [0.2, 0.25) is 0 Å². The van der Waals surface area contributed by atoms with Crippen molar-refractivity contribution in [3.63, 3.8) is 0 Å². The molecule has 2 atom stereocenters. The van der Waals surface area contributed by atoms with E-state index in [1.165, 1.54) is 71.7 Å². The molecule has 0 spiro atoms. The number of likely N-dealkylation sites (tertiary alicyclic amines) is 1. The van der Waals surface area contributed by atoms with Gasteiger partial charge in [0.2, 0.25) is 0 Å². The molecule has 2 unspecified atom stereocenters. The van der Waals surface area contributed by atoms with Crippen LogP contribution in [0.1, 0.15) is 41.2 Å². The monoisotopic (exact) mass is 615 g/mol. The third-order valence-electron chi connectivity index (χ3n) is 6.15. The number of rotatable bonds is 10. The number of alkyl carbamates (subject to hydrolysis) is 1. The highest BCUT2D eigenvalue weighted by Crippen LogP contribution is 2.38. The van der Waals surface area contributed by atoms with Crippen molar-refractivity contribution in [1.82, 2.24) is 15.2 Å². The first-order chi connectivity index (χ1) is 20.1. The molecule has 1 aliphatic rings. The number of benzene rings is 2. The van der Waals surface area contributed by atoms with Crippen LogP contribution in [-0.2, 0) is 34.0 Å². The number of nitro groups is 2. The van der Waals surface area contributed by atoms with Crippen molar-refractivity contribution in [2.24, 2.45) is 0 Å². The molecule has 1 fully saturated rings. The van der Waals surface area contributed by atoms with Gasteiger partial charge in [-0.1, -0.05) is 11.8 Å². The lowest BCUT2D eigenvalue weighted by atomic mass is 10.2. The average Bonchev–Trinajstić information content (AvgIpc) is 3.61. The van der Waals surface area contributed by atoms with E-state index in [9.17, 15) is 34.6 Å². The van der Waals surface area contributed by atoms with Crippen molar-refractivity contribution < 1.29 is 33.7 Å². The number of non-ortho nitro benzene ring substituents is 2. The van der Waals surface area contributed by atoms with Gasteiger partial charge in [-0.05, 0) is 41.8 Å². The molecule has 4 rings (SSSR count). The maximum Gasteiger partial charge on any atom is 0.410 e. The summed E-state index contributed by atoms with van der Waals surface area (Å²) in [7, 11) is 0. The van der Waals surface area contributed by atoms with E-state index in [2.05, 4.69) is 10.3 Å². The van der Waals surface area contributed by atoms with Crippen molar-refractivity contribution in [3.05, 3.63) is 96.0 Å².